The molecule has 154 valence electrons. The van der Waals surface area contributed by atoms with E-state index in [4.69, 9.17) is 4.74 Å². The van der Waals surface area contributed by atoms with Crippen LogP contribution >= 0.6 is 0 Å². The number of benzene rings is 1. The molecule has 0 fully saturated rings. The van der Waals surface area contributed by atoms with Gasteiger partial charge in [0.1, 0.15) is 5.69 Å². The van der Waals surface area contributed by atoms with Crippen LogP contribution in [0.2, 0.25) is 0 Å². The van der Waals surface area contributed by atoms with Crippen molar-refractivity contribution in [2.45, 2.75) is 46.2 Å². The predicted octanol–water partition coefficient (Wildman–Crippen LogP) is 3.13. The number of hydrogen-bond acceptors (Lipinski definition) is 5. The molecule has 6 heteroatoms. The summed E-state index contributed by atoms with van der Waals surface area (Å²) in [6.07, 6.45) is 1.99. The summed E-state index contributed by atoms with van der Waals surface area (Å²) in [6.45, 7) is 8.40. The molecule has 1 amide bonds. The number of esters is 1. The summed E-state index contributed by atoms with van der Waals surface area (Å²) in [7, 11) is 0. The number of ether oxygens (including phenoxy) is 1. The van der Waals surface area contributed by atoms with Crippen molar-refractivity contribution in [3.63, 3.8) is 0 Å². The maximum absolute atomic E-state index is 12.6. The van der Waals surface area contributed by atoms with Gasteiger partial charge in [-0.15, -0.1) is 0 Å². The van der Waals surface area contributed by atoms with Gasteiger partial charge < -0.3 is 10.1 Å². The molecular formula is C23H29N3O3. The molecule has 6 nitrogen and oxygen atoms in total. The van der Waals surface area contributed by atoms with Crippen LogP contribution in [0.1, 0.15) is 57.9 Å². The van der Waals surface area contributed by atoms with Crippen molar-refractivity contribution >= 4 is 11.9 Å². The van der Waals surface area contributed by atoms with E-state index >= 15 is 0 Å². The van der Waals surface area contributed by atoms with Crippen molar-refractivity contribution in [3.05, 3.63) is 64.5 Å². The molecule has 1 unspecified atom stereocenters. The van der Waals surface area contributed by atoms with E-state index < -0.39 is 5.97 Å². The van der Waals surface area contributed by atoms with Crippen molar-refractivity contribution in [2.24, 2.45) is 0 Å². The highest BCUT2D eigenvalue weighted by atomic mass is 16.5. The van der Waals surface area contributed by atoms with E-state index in [2.05, 4.69) is 46.4 Å². The summed E-state index contributed by atoms with van der Waals surface area (Å²) in [6, 6.07) is 12.0. The Hall–Kier alpha value is -2.73. The molecule has 0 saturated carbocycles. The fourth-order valence-corrected chi connectivity index (χ4v) is 3.77. The van der Waals surface area contributed by atoms with E-state index in [1.807, 2.05) is 0 Å². The molecular weight excluding hydrogens is 366 g/mol. The van der Waals surface area contributed by atoms with E-state index in [-0.39, 0.29) is 11.9 Å². The highest BCUT2D eigenvalue weighted by Crippen LogP contribution is 2.21. The second-order valence-electron chi connectivity index (χ2n) is 7.31. The molecule has 0 bridgehead atoms. The number of rotatable bonds is 7. The lowest BCUT2D eigenvalue weighted by Gasteiger charge is -2.35. The van der Waals surface area contributed by atoms with E-state index in [1.165, 1.54) is 11.1 Å². The molecule has 1 aliphatic heterocycles. The maximum Gasteiger partial charge on any atom is 0.339 e. The average Bonchev–Trinajstić information content (AvgIpc) is 2.74. The quantitative estimate of drug-likeness (QED) is 0.730. The van der Waals surface area contributed by atoms with Crippen LogP contribution in [0.4, 0.5) is 0 Å². The third-order valence-corrected chi connectivity index (χ3v) is 5.46. The summed E-state index contributed by atoms with van der Waals surface area (Å²) >= 11 is 0. The summed E-state index contributed by atoms with van der Waals surface area (Å²) < 4.78 is 5.01. The lowest BCUT2D eigenvalue weighted by atomic mass is 9.98. The Morgan fingerprint density at radius 1 is 1.17 bits per heavy atom. The van der Waals surface area contributed by atoms with Crippen LogP contribution in [0.3, 0.4) is 0 Å². The Balaban J connectivity index is 1.60. The molecule has 1 aliphatic rings. The van der Waals surface area contributed by atoms with Gasteiger partial charge in [0.2, 0.25) is 0 Å². The standard InChI is InChI=1S/C23H29N3O3/c1-4-19(26-13-12-17-8-6-7-9-18(17)15-26)14-24-22(27)21-11-10-20(16(3)25-21)23(28)29-5-2/h6-11,19H,4-5,12-15H2,1-3H3,(H,24,27). The highest BCUT2D eigenvalue weighted by Gasteiger charge is 2.23. The van der Waals surface area contributed by atoms with Gasteiger partial charge in [-0.25, -0.2) is 9.78 Å². The second-order valence-corrected chi connectivity index (χ2v) is 7.31. The first-order chi connectivity index (χ1) is 14.0. The average molecular weight is 396 g/mol. The minimum Gasteiger partial charge on any atom is -0.462 e. The topological polar surface area (TPSA) is 71.5 Å². The first kappa shape index (κ1) is 21.0. The molecule has 0 aliphatic carbocycles. The van der Waals surface area contributed by atoms with Gasteiger partial charge >= 0.3 is 5.97 Å². The minimum atomic E-state index is -0.416. The van der Waals surface area contributed by atoms with Gasteiger partial charge in [-0.05, 0) is 49.9 Å². The molecule has 0 radical (unpaired) electrons. The number of fused-ring (bicyclic) bond motifs is 1. The van der Waals surface area contributed by atoms with Crippen LogP contribution in [-0.4, -0.2) is 47.5 Å². The predicted molar refractivity (Wildman–Crippen MR) is 112 cm³/mol. The maximum atomic E-state index is 12.6. The smallest absolute Gasteiger partial charge is 0.339 e. The molecule has 2 aromatic rings. The van der Waals surface area contributed by atoms with Crippen LogP contribution in [-0.2, 0) is 17.7 Å². The molecule has 1 aromatic carbocycles. The first-order valence-electron chi connectivity index (χ1n) is 10.3. The minimum absolute atomic E-state index is 0.223. The van der Waals surface area contributed by atoms with Gasteiger partial charge in [0.15, 0.2) is 0 Å². The van der Waals surface area contributed by atoms with E-state index in [0.29, 0.717) is 30.1 Å². The van der Waals surface area contributed by atoms with Gasteiger partial charge in [0.05, 0.1) is 17.9 Å². The second kappa shape index (κ2) is 9.65. The zero-order valence-electron chi connectivity index (χ0n) is 17.4. The lowest BCUT2D eigenvalue weighted by molar-refractivity contribution is 0.0524. The molecule has 3 rings (SSSR count). The summed E-state index contributed by atoms with van der Waals surface area (Å²) in [5.74, 6) is -0.639. The summed E-state index contributed by atoms with van der Waals surface area (Å²) in [5.41, 5.74) is 3.99. The van der Waals surface area contributed by atoms with Gasteiger partial charge in [0.25, 0.3) is 5.91 Å². The van der Waals surface area contributed by atoms with E-state index in [9.17, 15) is 9.59 Å². The number of carbonyl (C=O) groups excluding carboxylic acids is 2. The number of aromatic nitrogens is 1. The Labute approximate surface area is 172 Å². The molecule has 0 spiro atoms. The highest BCUT2D eigenvalue weighted by molar-refractivity contribution is 5.95. The van der Waals surface area contributed by atoms with Crippen LogP contribution in [0.5, 0.6) is 0 Å². The number of pyridine rings is 1. The molecule has 1 N–H and O–H groups in total. The van der Waals surface area contributed by atoms with Crippen LogP contribution in [0.25, 0.3) is 0 Å². The number of amides is 1. The number of nitrogens with zero attached hydrogens (tertiary/aromatic N) is 2. The fraction of sp³-hybridized carbons (Fsp3) is 0.435. The van der Waals surface area contributed by atoms with Crippen molar-refractivity contribution in [1.29, 1.82) is 0 Å². The Bertz CT molecular complexity index is 881. The number of hydrogen-bond donors (Lipinski definition) is 1. The van der Waals surface area contributed by atoms with Crippen LogP contribution in [0.15, 0.2) is 36.4 Å². The summed E-state index contributed by atoms with van der Waals surface area (Å²) in [5, 5.41) is 3.01. The zero-order chi connectivity index (χ0) is 20.8. The SMILES string of the molecule is CCOC(=O)c1ccc(C(=O)NCC(CC)N2CCc3ccccc3C2)nc1C. The molecule has 2 heterocycles. The van der Waals surface area contributed by atoms with Gasteiger partial charge in [0, 0.05) is 25.7 Å². The van der Waals surface area contributed by atoms with Crippen molar-refractivity contribution in [2.75, 3.05) is 19.7 Å². The molecule has 0 saturated heterocycles. The molecule has 1 atom stereocenters. The molecule has 1 aromatic heterocycles. The molecule has 29 heavy (non-hydrogen) atoms. The Kier molecular flexibility index (Phi) is 6.99. The zero-order valence-corrected chi connectivity index (χ0v) is 17.4. The Morgan fingerprint density at radius 2 is 1.93 bits per heavy atom. The van der Waals surface area contributed by atoms with Crippen molar-refractivity contribution in [1.82, 2.24) is 15.2 Å². The fourth-order valence-electron chi connectivity index (χ4n) is 3.77. The lowest BCUT2D eigenvalue weighted by Crippen LogP contribution is -2.45. The third-order valence-electron chi connectivity index (χ3n) is 5.46. The third kappa shape index (κ3) is 5.01. The van der Waals surface area contributed by atoms with Crippen LogP contribution < -0.4 is 5.32 Å². The van der Waals surface area contributed by atoms with Crippen molar-refractivity contribution in [3.8, 4) is 0 Å². The van der Waals surface area contributed by atoms with Crippen LogP contribution in [0, 0.1) is 6.92 Å². The largest absolute Gasteiger partial charge is 0.462 e. The monoisotopic (exact) mass is 395 g/mol. The number of aryl methyl sites for hydroxylation is 1. The first-order valence-corrected chi connectivity index (χ1v) is 10.3. The number of carbonyl (C=O) groups is 2. The Morgan fingerprint density at radius 3 is 2.62 bits per heavy atom. The van der Waals surface area contributed by atoms with Gasteiger partial charge in [-0.1, -0.05) is 31.2 Å². The van der Waals surface area contributed by atoms with E-state index in [1.54, 1.807) is 26.0 Å². The van der Waals surface area contributed by atoms with Gasteiger partial charge in [-0.2, -0.15) is 0 Å². The van der Waals surface area contributed by atoms with Crippen molar-refractivity contribution < 1.29 is 14.3 Å². The van der Waals surface area contributed by atoms with E-state index in [0.717, 1.165) is 25.9 Å². The summed E-state index contributed by atoms with van der Waals surface area (Å²) in [4.78, 5) is 31.2. The normalized spacial score (nSPS) is 14.7. The number of nitrogens with one attached hydrogen (secondary N) is 1. The van der Waals surface area contributed by atoms with Gasteiger partial charge in [-0.3, -0.25) is 9.69 Å².